The third-order valence-electron chi connectivity index (χ3n) is 2.98. The van der Waals surface area contributed by atoms with Crippen LogP contribution in [0.5, 0.6) is 0 Å². The van der Waals surface area contributed by atoms with Crippen molar-refractivity contribution in [2.75, 3.05) is 0 Å². The van der Waals surface area contributed by atoms with Crippen molar-refractivity contribution in [2.45, 2.75) is 26.4 Å². The largest absolute Gasteiger partial charge is 0.480 e. The van der Waals surface area contributed by atoms with Crippen LogP contribution in [0.25, 0.3) is 0 Å². The number of hydrogen-bond donors (Lipinski definition) is 2. The number of nitrogens with one attached hydrogen (secondary N) is 1. The first-order valence-corrected chi connectivity index (χ1v) is 6.22. The van der Waals surface area contributed by atoms with Gasteiger partial charge in [0.15, 0.2) is 5.89 Å². The second kappa shape index (κ2) is 6.01. The van der Waals surface area contributed by atoms with Gasteiger partial charge in [0, 0.05) is 12.5 Å². The van der Waals surface area contributed by atoms with Crippen LogP contribution in [0.4, 0.5) is 8.78 Å². The summed E-state index contributed by atoms with van der Waals surface area (Å²) in [5.74, 6) is -1.90. The Morgan fingerprint density at radius 2 is 2.14 bits per heavy atom. The lowest BCUT2D eigenvalue weighted by molar-refractivity contribution is -0.139. The molecule has 5 nitrogen and oxygen atoms in total. The number of carboxylic acid groups (broad SMARTS) is 1. The molecule has 1 heterocycles. The summed E-state index contributed by atoms with van der Waals surface area (Å²) in [6.07, 6.45) is 0. The Hall–Kier alpha value is -2.28. The Kier molecular flexibility index (Phi) is 4.32. The van der Waals surface area contributed by atoms with Crippen LogP contribution < -0.4 is 5.32 Å². The molecule has 0 aliphatic carbocycles. The van der Waals surface area contributed by atoms with Crippen molar-refractivity contribution in [2.24, 2.45) is 0 Å². The van der Waals surface area contributed by atoms with E-state index in [1.807, 2.05) is 0 Å². The summed E-state index contributed by atoms with van der Waals surface area (Å²) in [6, 6.07) is 1.30. The predicted molar refractivity (Wildman–Crippen MR) is 69.6 cm³/mol. The average molecular weight is 296 g/mol. The summed E-state index contributed by atoms with van der Waals surface area (Å²) < 4.78 is 32.2. The van der Waals surface area contributed by atoms with Gasteiger partial charge in [-0.2, -0.15) is 0 Å². The molecule has 2 aromatic rings. The normalized spacial score (nSPS) is 12.4. The molecule has 7 heteroatoms. The smallest absolute Gasteiger partial charge is 0.325 e. The molecule has 1 aromatic heterocycles. The first-order chi connectivity index (χ1) is 9.88. The van der Waals surface area contributed by atoms with Gasteiger partial charge in [-0.25, -0.2) is 13.8 Å². The molecule has 2 N–H and O–H groups in total. The van der Waals surface area contributed by atoms with E-state index in [2.05, 4.69) is 10.3 Å². The van der Waals surface area contributed by atoms with Crippen LogP contribution in [0.15, 0.2) is 22.6 Å². The van der Waals surface area contributed by atoms with Crippen molar-refractivity contribution in [1.82, 2.24) is 10.3 Å². The van der Waals surface area contributed by atoms with Crippen LogP contribution in [-0.4, -0.2) is 16.1 Å². The molecule has 1 aromatic carbocycles. The monoisotopic (exact) mass is 296 g/mol. The zero-order valence-electron chi connectivity index (χ0n) is 11.5. The minimum absolute atomic E-state index is 0.0413. The summed E-state index contributed by atoms with van der Waals surface area (Å²) in [4.78, 5) is 15.3. The van der Waals surface area contributed by atoms with Gasteiger partial charge in [0.1, 0.15) is 23.4 Å². The number of aliphatic carboxylic acids is 1. The number of aryl methyl sites for hydroxylation is 2. The summed E-state index contributed by atoms with van der Waals surface area (Å²) in [5.41, 5.74) is 0.347. The van der Waals surface area contributed by atoms with Crippen molar-refractivity contribution >= 4 is 5.97 Å². The first kappa shape index (κ1) is 15.1. The Morgan fingerprint density at radius 1 is 1.43 bits per heavy atom. The zero-order valence-corrected chi connectivity index (χ0v) is 11.5. The van der Waals surface area contributed by atoms with Crippen LogP contribution in [0.2, 0.25) is 0 Å². The van der Waals surface area contributed by atoms with Gasteiger partial charge in [0.05, 0.1) is 12.2 Å². The maximum absolute atomic E-state index is 13.7. The van der Waals surface area contributed by atoms with Crippen LogP contribution in [0.1, 0.15) is 29.0 Å². The third-order valence-corrected chi connectivity index (χ3v) is 2.98. The molecule has 0 radical (unpaired) electrons. The van der Waals surface area contributed by atoms with Crippen molar-refractivity contribution in [1.29, 1.82) is 0 Å². The first-order valence-electron chi connectivity index (χ1n) is 6.22. The van der Waals surface area contributed by atoms with Crippen molar-refractivity contribution in [3.8, 4) is 0 Å². The number of nitrogens with zero attached hydrogens (tertiary/aromatic N) is 1. The van der Waals surface area contributed by atoms with Gasteiger partial charge in [-0.1, -0.05) is 0 Å². The van der Waals surface area contributed by atoms with E-state index in [-0.39, 0.29) is 12.1 Å². The number of aromatic nitrogens is 1. The molecular formula is C14H14F2N2O3. The van der Waals surface area contributed by atoms with Gasteiger partial charge in [-0.05, 0) is 25.1 Å². The molecule has 0 aliphatic heterocycles. The highest BCUT2D eigenvalue weighted by molar-refractivity contribution is 5.75. The maximum Gasteiger partial charge on any atom is 0.325 e. The molecule has 0 bridgehead atoms. The molecule has 0 spiro atoms. The molecule has 112 valence electrons. The number of oxazole rings is 1. The van der Waals surface area contributed by atoms with E-state index >= 15 is 0 Å². The molecule has 2 rings (SSSR count). The van der Waals surface area contributed by atoms with Crippen molar-refractivity contribution < 1.29 is 23.1 Å². The Balaban J connectivity index is 2.22. The van der Waals surface area contributed by atoms with Crippen LogP contribution in [0.3, 0.4) is 0 Å². The van der Waals surface area contributed by atoms with Crippen molar-refractivity contribution in [3.05, 3.63) is 52.7 Å². The molecule has 0 saturated carbocycles. The van der Waals surface area contributed by atoms with Crippen LogP contribution in [0, 0.1) is 25.5 Å². The molecule has 1 unspecified atom stereocenters. The quantitative estimate of drug-likeness (QED) is 0.886. The van der Waals surface area contributed by atoms with E-state index in [0.717, 1.165) is 18.2 Å². The van der Waals surface area contributed by atoms with Crippen molar-refractivity contribution in [3.63, 3.8) is 0 Å². The number of rotatable bonds is 5. The maximum atomic E-state index is 13.7. The van der Waals surface area contributed by atoms with E-state index < -0.39 is 23.6 Å². The SMILES string of the molecule is Cc1nc(C)c(CNC(C(=O)O)c2cc(F)ccc2F)o1. The highest BCUT2D eigenvalue weighted by atomic mass is 19.1. The molecule has 0 fully saturated rings. The molecule has 0 saturated heterocycles. The van der Waals surface area contributed by atoms with E-state index in [0.29, 0.717) is 17.3 Å². The fourth-order valence-corrected chi connectivity index (χ4v) is 2.00. The molecular weight excluding hydrogens is 282 g/mol. The van der Waals surface area contributed by atoms with E-state index in [9.17, 15) is 18.7 Å². The van der Waals surface area contributed by atoms with Gasteiger partial charge in [0.25, 0.3) is 0 Å². The van der Waals surface area contributed by atoms with E-state index in [1.54, 1.807) is 13.8 Å². The molecule has 0 amide bonds. The lowest BCUT2D eigenvalue weighted by Gasteiger charge is -2.15. The molecule has 0 aliphatic rings. The summed E-state index contributed by atoms with van der Waals surface area (Å²) in [6.45, 7) is 3.42. The number of carboxylic acids is 1. The summed E-state index contributed by atoms with van der Waals surface area (Å²) in [7, 11) is 0. The second-order valence-electron chi connectivity index (χ2n) is 4.56. The van der Waals surface area contributed by atoms with E-state index in [4.69, 9.17) is 4.42 Å². The predicted octanol–water partition coefficient (Wildman–Crippen LogP) is 2.49. The van der Waals surface area contributed by atoms with Gasteiger partial charge in [-0.15, -0.1) is 0 Å². The minimum atomic E-state index is -1.38. The van der Waals surface area contributed by atoms with Gasteiger partial charge < -0.3 is 9.52 Å². The summed E-state index contributed by atoms with van der Waals surface area (Å²) in [5, 5.41) is 11.8. The van der Waals surface area contributed by atoms with Gasteiger partial charge in [-0.3, -0.25) is 10.1 Å². The number of hydrogen-bond acceptors (Lipinski definition) is 4. The Labute approximate surface area is 119 Å². The highest BCUT2D eigenvalue weighted by Crippen LogP contribution is 2.20. The van der Waals surface area contributed by atoms with Crippen LogP contribution >= 0.6 is 0 Å². The Bertz CT molecular complexity index is 670. The topological polar surface area (TPSA) is 75.4 Å². The summed E-state index contributed by atoms with van der Waals surface area (Å²) >= 11 is 0. The Morgan fingerprint density at radius 3 is 2.71 bits per heavy atom. The lowest BCUT2D eigenvalue weighted by atomic mass is 10.1. The second-order valence-corrected chi connectivity index (χ2v) is 4.56. The average Bonchev–Trinajstić information content (AvgIpc) is 2.72. The highest BCUT2D eigenvalue weighted by Gasteiger charge is 2.24. The number of carbonyl (C=O) groups is 1. The zero-order chi connectivity index (χ0) is 15.6. The number of benzene rings is 1. The number of halogens is 2. The standard InChI is InChI=1S/C14H14F2N2O3/c1-7-12(21-8(2)18-7)6-17-13(14(19)20)10-5-9(15)3-4-11(10)16/h3-5,13,17H,6H2,1-2H3,(H,19,20). The lowest BCUT2D eigenvalue weighted by Crippen LogP contribution is -2.29. The van der Waals surface area contributed by atoms with Crippen LogP contribution in [-0.2, 0) is 11.3 Å². The fourth-order valence-electron chi connectivity index (χ4n) is 2.00. The van der Waals surface area contributed by atoms with E-state index in [1.165, 1.54) is 0 Å². The van der Waals surface area contributed by atoms with Gasteiger partial charge in [0.2, 0.25) is 0 Å². The third kappa shape index (κ3) is 3.43. The molecule has 1 atom stereocenters. The fraction of sp³-hybridized carbons (Fsp3) is 0.286. The van der Waals surface area contributed by atoms with Gasteiger partial charge >= 0.3 is 5.97 Å². The minimum Gasteiger partial charge on any atom is -0.480 e. The molecule has 21 heavy (non-hydrogen) atoms.